The van der Waals surface area contributed by atoms with Crippen LogP contribution in [0.4, 0.5) is 17.6 Å². The first kappa shape index (κ1) is 34.4. The summed E-state index contributed by atoms with van der Waals surface area (Å²) in [6.07, 6.45) is 6.19. The molecule has 0 bridgehead atoms. The van der Waals surface area contributed by atoms with Gasteiger partial charge in [0.25, 0.3) is 0 Å². The third-order valence-electron chi connectivity index (χ3n) is 5.73. The Kier molecular flexibility index (Phi) is 12.7. The van der Waals surface area contributed by atoms with E-state index < -0.39 is 29.2 Å². The van der Waals surface area contributed by atoms with Gasteiger partial charge < -0.3 is 19.9 Å². The Morgan fingerprint density at radius 3 is 1.51 bits per heavy atom. The number of hydrogen-bond donors (Lipinski definition) is 0. The number of carboxylic acid groups (broad SMARTS) is 1. The van der Waals surface area contributed by atoms with Gasteiger partial charge in [0.15, 0.2) is 0 Å². The van der Waals surface area contributed by atoms with Gasteiger partial charge in [0.2, 0.25) is 0 Å². The minimum absolute atomic E-state index is 0. The maximum atomic E-state index is 13.2. The summed E-state index contributed by atoms with van der Waals surface area (Å²) < 4.78 is 51.6. The average Bonchev–Trinajstić information content (AvgIpc) is 3.03. The van der Waals surface area contributed by atoms with Crippen LogP contribution in [0.2, 0.25) is 0 Å². The third-order valence-corrected chi connectivity index (χ3v) is 5.73. The van der Waals surface area contributed by atoms with E-state index in [9.17, 15) is 27.5 Å². The third kappa shape index (κ3) is 9.96. The summed E-state index contributed by atoms with van der Waals surface area (Å²) in [4.78, 5) is 26.8. The molecule has 226 valence electrons. The molecule has 6 rings (SSSR count). The van der Waals surface area contributed by atoms with Crippen LogP contribution in [0.5, 0.6) is 0 Å². The van der Waals surface area contributed by atoms with Crippen molar-refractivity contribution < 1.29 is 47.6 Å². The molecule has 4 aromatic heterocycles. The van der Waals surface area contributed by atoms with E-state index in [4.69, 9.17) is 0 Å². The van der Waals surface area contributed by atoms with Gasteiger partial charge in [-0.15, -0.1) is 24.3 Å². The van der Waals surface area contributed by atoms with E-state index in [1.165, 1.54) is 18.3 Å². The van der Waals surface area contributed by atoms with E-state index in [1.54, 1.807) is 55.0 Å². The van der Waals surface area contributed by atoms with Gasteiger partial charge in [0.1, 0.15) is 0 Å². The number of hydrogen-bond acceptors (Lipinski definition) is 6. The van der Waals surface area contributed by atoms with Crippen LogP contribution in [0, 0.1) is 42.3 Å². The number of carbonyl (C=O) groups is 1. The fraction of sp³-hybridized carbons (Fsp3) is 0.0294. The standard InChI is InChI=1S/C12H10N2O2.2C11H6F2N.Ir/c1-8-2-4-13-10(6-8)11-7-9(12(15)16)3-5-14-11;2*12-8-4-5-9(10(13)7-8)11-3-1-2-6-14-11;/h2-7H,1H3,(H,15,16);2*1-4,6-7H;/q;2*-1;+3/p-1. The predicted octanol–water partition coefficient (Wildman–Crippen LogP) is 6.47. The van der Waals surface area contributed by atoms with Crippen LogP contribution >= 0.6 is 0 Å². The molecule has 0 saturated heterocycles. The summed E-state index contributed by atoms with van der Waals surface area (Å²) >= 11 is 0. The van der Waals surface area contributed by atoms with Gasteiger partial charge in [-0.2, -0.15) is 0 Å². The van der Waals surface area contributed by atoms with Gasteiger partial charge >= 0.3 is 20.1 Å². The zero-order valence-electron chi connectivity index (χ0n) is 23.3. The predicted molar refractivity (Wildman–Crippen MR) is 153 cm³/mol. The fourth-order valence-corrected chi connectivity index (χ4v) is 3.68. The zero-order valence-corrected chi connectivity index (χ0v) is 25.7. The van der Waals surface area contributed by atoms with Crippen molar-refractivity contribution in [2.75, 3.05) is 0 Å². The second-order valence-electron chi connectivity index (χ2n) is 8.95. The number of aryl methyl sites for hydroxylation is 1. The summed E-state index contributed by atoms with van der Waals surface area (Å²) in [6.45, 7) is 1.94. The minimum Gasteiger partial charge on any atom is -0.545 e. The first-order chi connectivity index (χ1) is 21.2. The van der Waals surface area contributed by atoms with E-state index in [2.05, 4.69) is 32.1 Å². The summed E-state index contributed by atoms with van der Waals surface area (Å²) in [5.74, 6) is -3.78. The topological polar surface area (TPSA) is 91.7 Å². The normalized spacial score (nSPS) is 9.89. The molecule has 0 amide bonds. The average molecular weight is 786 g/mol. The monoisotopic (exact) mass is 786 g/mol. The van der Waals surface area contributed by atoms with Crippen LogP contribution in [0.1, 0.15) is 15.9 Å². The molecule has 0 aliphatic heterocycles. The van der Waals surface area contributed by atoms with Crippen LogP contribution in [0.15, 0.2) is 110 Å². The molecule has 11 heteroatoms. The van der Waals surface area contributed by atoms with Crippen LogP contribution < -0.4 is 5.11 Å². The minimum atomic E-state index is -1.21. The maximum Gasteiger partial charge on any atom is 3.00 e. The van der Waals surface area contributed by atoms with Crippen molar-refractivity contribution in [3.05, 3.63) is 156 Å². The van der Waals surface area contributed by atoms with E-state index in [0.29, 0.717) is 22.8 Å². The number of carboxylic acids is 1. The quantitative estimate of drug-likeness (QED) is 0.151. The van der Waals surface area contributed by atoms with Crippen LogP contribution in [0.3, 0.4) is 0 Å². The molecular weight excluding hydrogens is 765 g/mol. The van der Waals surface area contributed by atoms with Gasteiger partial charge in [-0.05, 0) is 60.3 Å². The second kappa shape index (κ2) is 16.7. The first-order valence-corrected chi connectivity index (χ1v) is 12.9. The number of aromatic nitrogens is 4. The van der Waals surface area contributed by atoms with E-state index in [1.807, 2.05) is 19.1 Å². The Bertz CT molecular complexity index is 1780. The molecule has 0 radical (unpaired) electrons. The molecule has 0 fully saturated rings. The number of carbonyl (C=O) groups excluding carboxylic acids is 1. The van der Waals surface area contributed by atoms with E-state index in [0.717, 1.165) is 29.8 Å². The molecule has 0 unspecified atom stereocenters. The Morgan fingerprint density at radius 1 is 0.622 bits per heavy atom. The summed E-state index contributed by atoms with van der Waals surface area (Å²) in [5.41, 5.74) is 3.61. The largest absolute Gasteiger partial charge is 3.00 e. The van der Waals surface area contributed by atoms with Crippen LogP contribution in [-0.2, 0) is 20.1 Å². The van der Waals surface area contributed by atoms with Crippen molar-refractivity contribution in [3.8, 4) is 33.9 Å². The number of aromatic carboxylic acids is 1. The Labute approximate surface area is 269 Å². The molecule has 0 aliphatic rings. The molecule has 6 aromatic rings. The number of pyridine rings is 4. The molecule has 0 aliphatic carbocycles. The van der Waals surface area contributed by atoms with Crippen molar-refractivity contribution in [2.45, 2.75) is 6.92 Å². The van der Waals surface area contributed by atoms with E-state index in [-0.39, 0.29) is 36.8 Å². The summed E-state index contributed by atoms with van der Waals surface area (Å²) in [6, 6.07) is 25.6. The smallest absolute Gasteiger partial charge is 0.545 e. The van der Waals surface area contributed by atoms with Gasteiger partial charge in [-0.25, -0.2) is 0 Å². The van der Waals surface area contributed by atoms with E-state index >= 15 is 0 Å². The van der Waals surface area contributed by atoms with Gasteiger partial charge in [-0.1, -0.05) is 47.5 Å². The molecule has 45 heavy (non-hydrogen) atoms. The number of rotatable bonds is 4. The number of halogens is 4. The Balaban J connectivity index is 0.000000183. The molecule has 0 spiro atoms. The van der Waals surface area contributed by atoms with Crippen molar-refractivity contribution >= 4 is 5.97 Å². The van der Waals surface area contributed by atoms with Gasteiger partial charge in [-0.3, -0.25) is 27.5 Å². The molecule has 0 N–H and O–H groups in total. The number of benzene rings is 2. The first-order valence-electron chi connectivity index (χ1n) is 12.9. The Morgan fingerprint density at radius 2 is 1.09 bits per heavy atom. The SMILES string of the molecule is Cc1ccnc(-c2cc(C(=O)[O-])ccn2)c1.Fc1c[c-]c(-c2ccccn2)c(F)c1.Fc1c[c-]c(-c2ccccn2)c(F)c1.[Ir+3]. The van der Waals surface area contributed by atoms with Gasteiger partial charge in [0, 0.05) is 53.6 Å². The molecular formula is C34H21F4IrN4O2. The summed E-state index contributed by atoms with van der Waals surface area (Å²) in [5, 5.41) is 10.7. The van der Waals surface area contributed by atoms with Crippen molar-refractivity contribution in [2.24, 2.45) is 0 Å². The Hall–Kier alpha value is -5.12. The molecule has 0 atom stereocenters. The van der Waals surface area contributed by atoms with Crippen LogP contribution in [-0.4, -0.2) is 25.9 Å². The van der Waals surface area contributed by atoms with Crippen molar-refractivity contribution in [1.82, 2.24) is 19.9 Å². The zero-order chi connectivity index (χ0) is 31.5. The summed E-state index contributed by atoms with van der Waals surface area (Å²) in [7, 11) is 0. The van der Waals surface area contributed by atoms with Crippen molar-refractivity contribution in [1.29, 1.82) is 0 Å². The molecule has 0 saturated carbocycles. The molecule has 2 aromatic carbocycles. The fourth-order valence-electron chi connectivity index (χ4n) is 3.68. The second-order valence-corrected chi connectivity index (χ2v) is 8.95. The number of nitrogens with zero attached hydrogens (tertiary/aromatic N) is 4. The molecule has 4 heterocycles. The van der Waals surface area contributed by atoms with Crippen LogP contribution in [0.25, 0.3) is 33.9 Å². The van der Waals surface area contributed by atoms with Gasteiger partial charge in [0.05, 0.1) is 17.4 Å². The maximum absolute atomic E-state index is 13.2. The molecule has 6 nitrogen and oxygen atoms in total. The van der Waals surface area contributed by atoms with Crippen molar-refractivity contribution in [3.63, 3.8) is 0 Å².